The summed E-state index contributed by atoms with van der Waals surface area (Å²) in [5, 5.41) is 15.1. The highest BCUT2D eigenvalue weighted by molar-refractivity contribution is 5.95. The first-order valence-electron chi connectivity index (χ1n) is 6.83. The Morgan fingerprint density at radius 2 is 2.05 bits per heavy atom. The van der Waals surface area contributed by atoms with Crippen LogP contribution in [0.2, 0.25) is 0 Å². The average Bonchev–Trinajstić information content (AvgIpc) is 2.52. The number of hydrogen-bond donors (Lipinski definition) is 3. The van der Waals surface area contributed by atoms with Crippen molar-refractivity contribution in [2.75, 3.05) is 0 Å². The highest BCUT2D eigenvalue weighted by Gasteiger charge is 2.06. The smallest absolute Gasteiger partial charge is 0.188 e. The van der Waals surface area contributed by atoms with E-state index in [0.29, 0.717) is 12.2 Å². The molecular formula is C16H20N4O. The minimum absolute atomic E-state index is 0.0171. The molecule has 4 N–H and O–H groups in total. The van der Waals surface area contributed by atoms with Gasteiger partial charge in [-0.05, 0) is 37.1 Å². The summed E-state index contributed by atoms with van der Waals surface area (Å²) < 4.78 is 0. The second kappa shape index (κ2) is 6.85. The van der Waals surface area contributed by atoms with Crippen LogP contribution in [0.5, 0.6) is 0 Å². The largest absolute Gasteiger partial charge is 0.409 e. The fraction of sp³-hybridized carbons (Fsp3) is 0.250. The molecule has 0 spiro atoms. The fourth-order valence-corrected chi connectivity index (χ4v) is 2.02. The van der Waals surface area contributed by atoms with E-state index in [1.807, 2.05) is 12.1 Å². The molecule has 2 aromatic rings. The van der Waals surface area contributed by atoms with Gasteiger partial charge < -0.3 is 16.3 Å². The molecule has 21 heavy (non-hydrogen) atoms. The fourth-order valence-electron chi connectivity index (χ4n) is 2.02. The number of oxime groups is 1. The van der Waals surface area contributed by atoms with Gasteiger partial charge in [-0.3, -0.25) is 4.98 Å². The minimum Gasteiger partial charge on any atom is -0.409 e. The Kier molecular flexibility index (Phi) is 4.90. The third-order valence-electron chi connectivity index (χ3n) is 3.38. The van der Waals surface area contributed by atoms with Gasteiger partial charge in [-0.15, -0.1) is 0 Å². The summed E-state index contributed by atoms with van der Waals surface area (Å²) in [6.45, 7) is 4.88. The summed E-state index contributed by atoms with van der Waals surface area (Å²) in [5.41, 5.74) is 9.54. The lowest BCUT2D eigenvalue weighted by Crippen LogP contribution is -2.19. The maximum Gasteiger partial charge on any atom is 0.188 e. The molecule has 2 rings (SSSR count). The predicted octanol–water partition coefficient (Wildman–Crippen LogP) is 2.34. The molecule has 0 fully saturated rings. The van der Waals surface area contributed by atoms with Crippen LogP contribution in [0.3, 0.4) is 0 Å². The zero-order valence-corrected chi connectivity index (χ0v) is 12.2. The number of benzene rings is 1. The Labute approximate surface area is 124 Å². The lowest BCUT2D eigenvalue weighted by molar-refractivity contribution is 0.318. The van der Waals surface area contributed by atoms with Crippen LogP contribution in [0.25, 0.3) is 0 Å². The zero-order valence-electron chi connectivity index (χ0n) is 12.2. The van der Waals surface area contributed by atoms with Crippen molar-refractivity contribution in [2.24, 2.45) is 10.9 Å². The first kappa shape index (κ1) is 15.0. The Hall–Kier alpha value is -2.40. The molecule has 0 bridgehead atoms. The standard InChI is InChI=1S/C16H20N4O/c1-11-3-5-14(6-4-11)12(2)19-10-13-7-8-18-15(9-13)16(17)20-21/h3-9,12,19,21H,10H2,1-2H3,(H2,17,20)/t12-/m1/s1. The quantitative estimate of drug-likeness (QED) is 0.340. The average molecular weight is 284 g/mol. The number of nitrogens with two attached hydrogens (primary N) is 1. The number of aromatic nitrogens is 1. The first-order chi connectivity index (χ1) is 10.1. The number of hydrogen-bond acceptors (Lipinski definition) is 4. The number of amidine groups is 1. The van der Waals surface area contributed by atoms with E-state index in [1.165, 1.54) is 11.1 Å². The Morgan fingerprint density at radius 1 is 1.33 bits per heavy atom. The molecule has 0 saturated heterocycles. The minimum atomic E-state index is 0.0171. The molecule has 0 unspecified atom stereocenters. The number of nitrogens with one attached hydrogen (secondary N) is 1. The molecule has 0 saturated carbocycles. The van der Waals surface area contributed by atoms with E-state index >= 15 is 0 Å². The molecule has 1 atom stereocenters. The maximum absolute atomic E-state index is 8.68. The summed E-state index contributed by atoms with van der Waals surface area (Å²) in [4.78, 5) is 4.06. The van der Waals surface area contributed by atoms with Crippen LogP contribution in [-0.2, 0) is 6.54 Å². The molecule has 110 valence electrons. The van der Waals surface area contributed by atoms with Gasteiger partial charge in [0.15, 0.2) is 5.84 Å². The molecule has 0 aliphatic rings. The topological polar surface area (TPSA) is 83.5 Å². The Morgan fingerprint density at radius 3 is 2.71 bits per heavy atom. The van der Waals surface area contributed by atoms with Gasteiger partial charge in [-0.25, -0.2) is 0 Å². The molecular weight excluding hydrogens is 264 g/mol. The van der Waals surface area contributed by atoms with Crippen LogP contribution in [0, 0.1) is 6.92 Å². The van der Waals surface area contributed by atoms with Crippen LogP contribution in [0.15, 0.2) is 47.8 Å². The van der Waals surface area contributed by atoms with Crippen LogP contribution >= 0.6 is 0 Å². The molecule has 1 aromatic carbocycles. The SMILES string of the molecule is Cc1ccc([C@@H](C)NCc2ccnc(/C(N)=N/O)c2)cc1. The molecule has 1 aromatic heterocycles. The Balaban J connectivity index is 2.01. The van der Waals surface area contributed by atoms with E-state index in [0.717, 1.165) is 5.56 Å². The maximum atomic E-state index is 8.68. The van der Waals surface area contributed by atoms with Gasteiger partial charge in [0, 0.05) is 18.8 Å². The van der Waals surface area contributed by atoms with E-state index < -0.39 is 0 Å². The number of rotatable bonds is 5. The van der Waals surface area contributed by atoms with Crippen LogP contribution in [0.4, 0.5) is 0 Å². The molecule has 0 amide bonds. The zero-order chi connectivity index (χ0) is 15.2. The number of nitrogens with zero attached hydrogens (tertiary/aromatic N) is 2. The molecule has 0 aliphatic heterocycles. The third-order valence-corrected chi connectivity index (χ3v) is 3.38. The molecule has 0 radical (unpaired) electrons. The van der Waals surface area contributed by atoms with E-state index in [-0.39, 0.29) is 11.9 Å². The number of pyridine rings is 1. The normalized spacial score (nSPS) is 13.1. The van der Waals surface area contributed by atoms with E-state index in [2.05, 4.69) is 53.6 Å². The van der Waals surface area contributed by atoms with Crippen molar-refractivity contribution in [1.82, 2.24) is 10.3 Å². The van der Waals surface area contributed by atoms with Crippen molar-refractivity contribution in [2.45, 2.75) is 26.4 Å². The Bertz CT molecular complexity index is 622. The van der Waals surface area contributed by atoms with Crippen molar-refractivity contribution < 1.29 is 5.21 Å². The third kappa shape index (κ3) is 4.03. The van der Waals surface area contributed by atoms with Gasteiger partial charge in [0.2, 0.25) is 0 Å². The lowest BCUT2D eigenvalue weighted by atomic mass is 10.1. The molecule has 0 aliphatic carbocycles. The van der Waals surface area contributed by atoms with Crippen molar-refractivity contribution in [1.29, 1.82) is 0 Å². The van der Waals surface area contributed by atoms with Gasteiger partial charge in [0.1, 0.15) is 5.69 Å². The van der Waals surface area contributed by atoms with E-state index in [1.54, 1.807) is 6.20 Å². The second-order valence-corrected chi connectivity index (χ2v) is 5.05. The van der Waals surface area contributed by atoms with Crippen molar-refractivity contribution >= 4 is 5.84 Å². The summed E-state index contributed by atoms with van der Waals surface area (Å²) in [6, 6.07) is 12.4. The molecule has 1 heterocycles. The second-order valence-electron chi connectivity index (χ2n) is 5.05. The summed E-state index contributed by atoms with van der Waals surface area (Å²) in [5.74, 6) is 0.0171. The van der Waals surface area contributed by atoms with Gasteiger partial charge in [-0.1, -0.05) is 35.0 Å². The highest BCUT2D eigenvalue weighted by atomic mass is 16.4. The monoisotopic (exact) mass is 284 g/mol. The number of aryl methyl sites for hydroxylation is 1. The van der Waals surface area contributed by atoms with Crippen molar-refractivity contribution in [3.63, 3.8) is 0 Å². The highest BCUT2D eigenvalue weighted by Crippen LogP contribution is 2.14. The van der Waals surface area contributed by atoms with Gasteiger partial charge >= 0.3 is 0 Å². The van der Waals surface area contributed by atoms with E-state index in [9.17, 15) is 0 Å². The van der Waals surface area contributed by atoms with Gasteiger partial charge in [0.25, 0.3) is 0 Å². The predicted molar refractivity (Wildman–Crippen MR) is 83.2 cm³/mol. The molecule has 5 heteroatoms. The van der Waals surface area contributed by atoms with Crippen LogP contribution in [-0.4, -0.2) is 16.0 Å². The summed E-state index contributed by atoms with van der Waals surface area (Å²) in [6.07, 6.45) is 1.65. The summed E-state index contributed by atoms with van der Waals surface area (Å²) in [7, 11) is 0. The van der Waals surface area contributed by atoms with E-state index in [4.69, 9.17) is 10.9 Å². The van der Waals surface area contributed by atoms with Gasteiger partial charge in [-0.2, -0.15) is 0 Å². The van der Waals surface area contributed by atoms with Crippen LogP contribution < -0.4 is 11.1 Å². The van der Waals surface area contributed by atoms with Gasteiger partial charge in [0.05, 0.1) is 0 Å². The molecule has 5 nitrogen and oxygen atoms in total. The first-order valence-corrected chi connectivity index (χ1v) is 6.83. The van der Waals surface area contributed by atoms with Crippen molar-refractivity contribution in [3.05, 3.63) is 65.0 Å². The van der Waals surface area contributed by atoms with Crippen LogP contribution in [0.1, 0.15) is 35.3 Å². The summed E-state index contributed by atoms with van der Waals surface area (Å²) >= 11 is 0. The lowest BCUT2D eigenvalue weighted by Gasteiger charge is -2.15. The van der Waals surface area contributed by atoms with Crippen molar-refractivity contribution in [3.8, 4) is 0 Å².